The summed E-state index contributed by atoms with van der Waals surface area (Å²) in [5, 5.41) is 0.746. The van der Waals surface area contributed by atoms with Crippen LogP contribution in [0, 0.1) is 5.82 Å². The number of rotatable bonds is 1. The molecule has 1 spiro atoms. The lowest BCUT2D eigenvalue weighted by atomic mass is 9.84. The molecule has 1 saturated heterocycles. The zero-order valence-corrected chi connectivity index (χ0v) is 15.2. The van der Waals surface area contributed by atoms with Crippen LogP contribution in [-0.2, 0) is 10.3 Å². The van der Waals surface area contributed by atoms with Crippen molar-refractivity contribution in [3.63, 3.8) is 0 Å². The van der Waals surface area contributed by atoms with Gasteiger partial charge in [-0.1, -0.05) is 18.2 Å². The van der Waals surface area contributed by atoms with Gasteiger partial charge in [-0.15, -0.1) is 11.3 Å². The molecule has 0 N–H and O–H groups in total. The van der Waals surface area contributed by atoms with Gasteiger partial charge in [-0.3, -0.25) is 4.79 Å². The fraction of sp³-hybridized carbons (Fsp3) is 0.238. The molecule has 5 rings (SSSR count). The van der Waals surface area contributed by atoms with E-state index in [4.69, 9.17) is 4.74 Å². The summed E-state index contributed by atoms with van der Waals surface area (Å²) < 4.78 is 20.0. The first-order chi connectivity index (χ1) is 13.1. The monoisotopic (exact) mass is 381 g/mol. The third-order valence-electron chi connectivity index (χ3n) is 5.47. The number of amides is 1. The van der Waals surface area contributed by atoms with Gasteiger partial charge in [0.1, 0.15) is 11.4 Å². The molecule has 6 heteroatoms. The van der Waals surface area contributed by atoms with Crippen molar-refractivity contribution < 1.29 is 18.7 Å². The minimum Gasteiger partial charge on any atom is -0.450 e. The highest BCUT2D eigenvalue weighted by atomic mass is 32.1. The summed E-state index contributed by atoms with van der Waals surface area (Å²) in [5.41, 5.74) is 0.941. The molecule has 2 aliphatic heterocycles. The summed E-state index contributed by atoms with van der Waals surface area (Å²) in [5.74, 6) is -0.637. The maximum Gasteiger partial charge on any atom is 0.339 e. The first-order valence-corrected chi connectivity index (χ1v) is 9.69. The largest absolute Gasteiger partial charge is 0.450 e. The topological polar surface area (TPSA) is 46.6 Å². The zero-order chi connectivity index (χ0) is 18.6. The number of ether oxygens (including phenoxy) is 1. The molecular weight excluding hydrogens is 365 g/mol. The number of carbonyl (C=O) groups excluding carboxylic acids is 2. The number of hydrogen-bond donors (Lipinski definition) is 0. The van der Waals surface area contributed by atoms with Crippen molar-refractivity contribution in [2.75, 3.05) is 13.1 Å². The van der Waals surface area contributed by atoms with Gasteiger partial charge in [-0.25, -0.2) is 9.18 Å². The van der Waals surface area contributed by atoms with Crippen LogP contribution in [0.15, 0.2) is 48.5 Å². The van der Waals surface area contributed by atoms with E-state index in [0.29, 0.717) is 36.4 Å². The van der Waals surface area contributed by atoms with Crippen LogP contribution in [0.1, 0.15) is 38.4 Å². The molecule has 2 aliphatic rings. The first-order valence-electron chi connectivity index (χ1n) is 8.87. The van der Waals surface area contributed by atoms with Crippen LogP contribution in [0.2, 0.25) is 0 Å². The Balaban J connectivity index is 1.37. The average molecular weight is 381 g/mol. The van der Waals surface area contributed by atoms with Crippen molar-refractivity contribution >= 4 is 33.3 Å². The number of nitrogens with zero attached hydrogens (tertiary/aromatic N) is 1. The van der Waals surface area contributed by atoms with E-state index in [0.717, 1.165) is 15.6 Å². The van der Waals surface area contributed by atoms with Gasteiger partial charge in [0.15, 0.2) is 0 Å². The van der Waals surface area contributed by atoms with E-state index in [1.807, 2.05) is 18.2 Å². The Kier molecular flexibility index (Phi) is 3.59. The third-order valence-corrected chi connectivity index (χ3v) is 6.58. The van der Waals surface area contributed by atoms with E-state index in [9.17, 15) is 14.0 Å². The van der Waals surface area contributed by atoms with Crippen molar-refractivity contribution in [1.82, 2.24) is 4.90 Å². The Morgan fingerprint density at radius 1 is 1.11 bits per heavy atom. The van der Waals surface area contributed by atoms with Crippen LogP contribution in [0.25, 0.3) is 10.1 Å². The summed E-state index contributed by atoms with van der Waals surface area (Å²) in [4.78, 5) is 27.5. The van der Waals surface area contributed by atoms with Crippen LogP contribution in [0.4, 0.5) is 4.39 Å². The predicted octanol–water partition coefficient (Wildman–Crippen LogP) is 4.34. The van der Waals surface area contributed by atoms with E-state index in [2.05, 4.69) is 0 Å². The lowest BCUT2D eigenvalue weighted by molar-refractivity contribution is -0.0389. The Hall–Kier alpha value is -2.73. The van der Waals surface area contributed by atoms with Gasteiger partial charge in [-0.05, 0) is 35.7 Å². The highest BCUT2D eigenvalue weighted by Gasteiger charge is 2.47. The quantitative estimate of drug-likeness (QED) is 0.589. The first kappa shape index (κ1) is 16.4. The molecule has 3 aromatic rings. The number of likely N-dealkylation sites (tertiary alicyclic amines) is 1. The molecular formula is C21H16FNO3S. The van der Waals surface area contributed by atoms with E-state index in [-0.39, 0.29) is 17.7 Å². The predicted molar refractivity (Wildman–Crippen MR) is 100 cm³/mol. The van der Waals surface area contributed by atoms with E-state index in [1.54, 1.807) is 23.1 Å². The summed E-state index contributed by atoms with van der Waals surface area (Å²) in [6.45, 7) is 1.03. The molecule has 2 aromatic carbocycles. The number of benzene rings is 2. The molecule has 0 saturated carbocycles. The normalized spacial score (nSPS) is 18.0. The van der Waals surface area contributed by atoms with Crippen molar-refractivity contribution in [3.05, 3.63) is 70.4 Å². The molecule has 0 bridgehead atoms. The lowest BCUT2D eigenvalue weighted by Gasteiger charge is -2.38. The molecule has 0 atom stereocenters. The van der Waals surface area contributed by atoms with E-state index in [1.165, 1.54) is 23.5 Å². The third kappa shape index (κ3) is 2.55. The SMILES string of the molecule is O=C1OC2(CCN(C(=O)c3cc4cc(F)ccc4s3)CC2)c2ccccc21. The number of thiophene rings is 1. The summed E-state index contributed by atoms with van der Waals surface area (Å²) in [6.07, 6.45) is 1.17. The van der Waals surface area contributed by atoms with Gasteiger partial charge in [0.05, 0.1) is 10.4 Å². The number of carbonyl (C=O) groups is 2. The molecule has 136 valence electrons. The Morgan fingerprint density at radius 3 is 2.70 bits per heavy atom. The van der Waals surface area contributed by atoms with Crippen LogP contribution in [0.5, 0.6) is 0 Å². The minimum absolute atomic E-state index is 0.0518. The Labute approximate surface area is 159 Å². The van der Waals surface area contributed by atoms with Crippen LogP contribution in [-0.4, -0.2) is 29.9 Å². The molecule has 27 heavy (non-hydrogen) atoms. The van der Waals surface area contributed by atoms with Crippen molar-refractivity contribution in [2.45, 2.75) is 18.4 Å². The zero-order valence-electron chi connectivity index (χ0n) is 14.4. The van der Waals surface area contributed by atoms with Gasteiger partial charge < -0.3 is 9.64 Å². The maximum absolute atomic E-state index is 13.4. The summed E-state index contributed by atoms with van der Waals surface area (Å²) in [7, 11) is 0. The molecule has 0 radical (unpaired) electrons. The lowest BCUT2D eigenvalue weighted by Crippen LogP contribution is -2.45. The maximum atomic E-state index is 13.4. The molecule has 0 unspecified atom stereocenters. The fourth-order valence-electron chi connectivity index (χ4n) is 4.06. The number of halogens is 1. The molecule has 1 aromatic heterocycles. The van der Waals surface area contributed by atoms with Gasteiger partial charge in [0.25, 0.3) is 5.91 Å². The molecule has 4 nitrogen and oxygen atoms in total. The van der Waals surface area contributed by atoms with Crippen molar-refractivity contribution in [2.24, 2.45) is 0 Å². The fourth-order valence-corrected chi connectivity index (χ4v) is 5.07. The standard InChI is InChI=1S/C21H16FNO3S/c22-14-5-6-17-13(11-14)12-18(27-17)19(24)23-9-7-21(8-10-23)16-4-2-1-3-15(16)20(25)26-21/h1-6,11-12H,7-10H2. The van der Waals surface area contributed by atoms with Crippen molar-refractivity contribution in [3.8, 4) is 0 Å². The molecule has 1 fully saturated rings. The average Bonchev–Trinajstić information content (AvgIpc) is 3.22. The number of esters is 1. The molecule has 0 aliphatic carbocycles. The minimum atomic E-state index is -0.617. The molecule has 3 heterocycles. The van der Waals surface area contributed by atoms with Crippen molar-refractivity contribution in [1.29, 1.82) is 0 Å². The summed E-state index contributed by atoms with van der Waals surface area (Å²) >= 11 is 1.38. The van der Waals surface area contributed by atoms with Gasteiger partial charge in [0.2, 0.25) is 0 Å². The van der Waals surface area contributed by atoms with Gasteiger partial charge in [0, 0.05) is 36.2 Å². The van der Waals surface area contributed by atoms with Gasteiger partial charge in [-0.2, -0.15) is 0 Å². The Bertz CT molecular complexity index is 1080. The van der Waals surface area contributed by atoms with Crippen LogP contribution < -0.4 is 0 Å². The van der Waals surface area contributed by atoms with E-state index >= 15 is 0 Å². The summed E-state index contributed by atoms with van der Waals surface area (Å²) in [6, 6.07) is 13.8. The van der Waals surface area contributed by atoms with Crippen LogP contribution >= 0.6 is 11.3 Å². The highest BCUT2D eigenvalue weighted by Crippen LogP contribution is 2.44. The second-order valence-corrected chi connectivity index (χ2v) is 8.10. The second-order valence-electron chi connectivity index (χ2n) is 7.01. The second kappa shape index (κ2) is 5.89. The van der Waals surface area contributed by atoms with E-state index < -0.39 is 5.60 Å². The van der Waals surface area contributed by atoms with Crippen LogP contribution in [0.3, 0.4) is 0 Å². The number of piperidine rings is 1. The smallest absolute Gasteiger partial charge is 0.339 e. The Morgan fingerprint density at radius 2 is 1.89 bits per heavy atom. The number of hydrogen-bond acceptors (Lipinski definition) is 4. The molecule has 1 amide bonds. The highest BCUT2D eigenvalue weighted by molar-refractivity contribution is 7.20. The van der Waals surface area contributed by atoms with Gasteiger partial charge >= 0.3 is 5.97 Å². The number of fused-ring (bicyclic) bond motifs is 3.